The third kappa shape index (κ3) is 9.04. The van der Waals surface area contributed by atoms with Gasteiger partial charge < -0.3 is 10.1 Å². The number of nitrogens with one attached hydrogen (secondary N) is 2. The molecule has 0 aromatic heterocycles. The van der Waals surface area contributed by atoms with Crippen LogP contribution in [0.4, 0.5) is 10.5 Å². The predicted octanol–water partition coefficient (Wildman–Crippen LogP) is 4.52. The van der Waals surface area contributed by atoms with Crippen LogP contribution in [0.25, 0.3) is 0 Å². The summed E-state index contributed by atoms with van der Waals surface area (Å²) in [5.41, 5.74) is 1.50. The normalized spacial score (nSPS) is 12.5. The van der Waals surface area contributed by atoms with Gasteiger partial charge in [-0.15, -0.1) is 6.58 Å². The molecule has 0 fully saturated rings. The van der Waals surface area contributed by atoms with Gasteiger partial charge in [-0.25, -0.2) is 4.79 Å². The minimum Gasteiger partial charge on any atom is -0.444 e. The van der Waals surface area contributed by atoms with Crippen molar-refractivity contribution >= 4 is 11.8 Å². The second kappa shape index (κ2) is 9.36. The van der Waals surface area contributed by atoms with Crippen LogP contribution in [-0.4, -0.2) is 24.3 Å². The van der Waals surface area contributed by atoms with E-state index in [-0.39, 0.29) is 0 Å². The van der Waals surface area contributed by atoms with E-state index in [4.69, 9.17) is 4.74 Å². The van der Waals surface area contributed by atoms with E-state index in [1.807, 2.05) is 51.1 Å². The van der Waals surface area contributed by atoms with Gasteiger partial charge in [0.05, 0.1) is 0 Å². The van der Waals surface area contributed by atoms with Crippen LogP contribution in [0.3, 0.4) is 0 Å². The van der Waals surface area contributed by atoms with Gasteiger partial charge in [0.25, 0.3) is 0 Å². The molecule has 1 atom stereocenters. The number of carbonyl (C=O) groups is 1. The maximum atomic E-state index is 11.7. The molecule has 1 unspecified atom stereocenters. The van der Waals surface area contributed by atoms with Crippen molar-refractivity contribution in [1.82, 2.24) is 5.32 Å². The van der Waals surface area contributed by atoms with Crippen molar-refractivity contribution in [3.8, 4) is 0 Å². The number of amides is 1. The number of carbonyl (C=O) groups excluding carboxylic acids is 1. The molecular weight excluding hydrogens is 288 g/mol. The number of allylic oxidation sites excluding steroid dienone is 1. The Labute approximate surface area is 140 Å². The van der Waals surface area contributed by atoms with Gasteiger partial charge in [-0.1, -0.05) is 18.2 Å². The summed E-state index contributed by atoms with van der Waals surface area (Å²) in [5.74, 6) is 0. The maximum Gasteiger partial charge on any atom is 0.412 e. The van der Waals surface area contributed by atoms with E-state index in [9.17, 15) is 4.79 Å². The Kier molecular flexibility index (Phi) is 7.83. The van der Waals surface area contributed by atoms with Gasteiger partial charge in [-0.05, 0) is 71.2 Å². The smallest absolute Gasteiger partial charge is 0.412 e. The first kappa shape index (κ1) is 19.2. The monoisotopic (exact) mass is 318 g/mol. The summed E-state index contributed by atoms with van der Waals surface area (Å²) >= 11 is 0. The van der Waals surface area contributed by atoms with Crippen molar-refractivity contribution in [2.45, 2.75) is 58.6 Å². The van der Waals surface area contributed by atoms with E-state index in [1.54, 1.807) is 0 Å². The summed E-state index contributed by atoms with van der Waals surface area (Å²) in [6, 6.07) is 8.37. The lowest BCUT2D eigenvalue weighted by Crippen LogP contribution is -2.28. The molecule has 0 spiro atoms. The molecular formula is C19H30N2O2. The van der Waals surface area contributed by atoms with E-state index in [1.165, 1.54) is 5.56 Å². The molecule has 4 heteroatoms. The summed E-state index contributed by atoms with van der Waals surface area (Å²) in [6.45, 7) is 12.4. The lowest BCUT2D eigenvalue weighted by atomic mass is 10.1. The van der Waals surface area contributed by atoms with Gasteiger partial charge in [-0.3, -0.25) is 5.32 Å². The molecule has 2 N–H and O–H groups in total. The molecule has 1 amide bonds. The zero-order valence-electron chi connectivity index (χ0n) is 14.8. The van der Waals surface area contributed by atoms with Crippen molar-refractivity contribution in [1.29, 1.82) is 0 Å². The van der Waals surface area contributed by atoms with E-state index in [0.29, 0.717) is 6.04 Å². The second-order valence-electron chi connectivity index (χ2n) is 6.80. The molecule has 23 heavy (non-hydrogen) atoms. The first-order chi connectivity index (χ1) is 10.8. The number of anilines is 1. The summed E-state index contributed by atoms with van der Waals surface area (Å²) < 4.78 is 5.23. The van der Waals surface area contributed by atoms with Crippen LogP contribution >= 0.6 is 0 Å². The lowest BCUT2D eigenvalue weighted by Gasteiger charge is -2.19. The molecule has 4 nitrogen and oxygen atoms in total. The highest BCUT2D eigenvalue weighted by atomic mass is 16.6. The van der Waals surface area contributed by atoms with Crippen molar-refractivity contribution in [2.24, 2.45) is 0 Å². The van der Waals surface area contributed by atoms with Crippen LogP contribution in [-0.2, 0) is 11.2 Å². The molecule has 1 aromatic rings. The Hall–Kier alpha value is -1.81. The Morgan fingerprint density at radius 1 is 1.30 bits per heavy atom. The van der Waals surface area contributed by atoms with Crippen LogP contribution in [0.2, 0.25) is 0 Å². The summed E-state index contributed by atoms with van der Waals surface area (Å²) in [7, 11) is 0. The molecule has 0 radical (unpaired) electrons. The predicted molar refractivity (Wildman–Crippen MR) is 96.9 cm³/mol. The Balaban J connectivity index is 2.36. The highest BCUT2D eigenvalue weighted by molar-refractivity contribution is 5.84. The minimum atomic E-state index is -0.488. The second-order valence-corrected chi connectivity index (χ2v) is 6.80. The molecule has 1 aromatic carbocycles. The topological polar surface area (TPSA) is 50.4 Å². The van der Waals surface area contributed by atoms with Gasteiger partial charge in [0.1, 0.15) is 5.60 Å². The fraction of sp³-hybridized carbons (Fsp3) is 0.526. The number of ether oxygens (including phenoxy) is 1. The summed E-state index contributed by atoms with van der Waals surface area (Å²) in [5, 5.41) is 6.24. The largest absolute Gasteiger partial charge is 0.444 e. The van der Waals surface area contributed by atoms with E-state index < -0.39 is 11.7 Å². The average Bonchev–Trinajstić information content (AvgIpc) is 2.45. The molecule has 0 aliphatic carbocycles. The third-order valence-corrected chi connectivity index (χ3v) is 3.31. The molecule has 0 saturated carbocycles. The number of benzene rings is 1. The molecule has 0 heterocycles. The van der Waals surface area contributed by atoms with Gasteiger partial charge in [-0.2, -0.15) is 0 Å². The van der Waals surface area contributed by atoms with Crippen molar-refractivity contribution in [2.75, 3.05) is 11.9 Å². The number of rotatable bonds is 8. The standard InChI is InChI=1S/C19H30N2O2/c1-6-7-8-15(2)20-14-13-16-9-11-17(12-10-16)21-18(22)23-19(3,4)5/h6,9-12,15,20H,1,7-8,13-14H2,2-5H3,(H,21,22). The van der Waals surface area contributed by atoms with Crippen LogP contribution in [0.15, 0.2) is 36.9 Å². The fourth-order valence-corrected chi connectivity index (χ4v) is 2.11. The summed E-state index contributed by atoms with van der Waals surface area (Å²) in [4.78, 5) is 11.7. The number of hydrogen-bond donors (Lipinski definition) is 2. The van der Waals surface area contributed by atoms with Gasteiger partial charge in [0.15, 0.2) is 0 Å². The van der Waals surface area contributed by atoms with Gasteiger partial charge in [0, 0.05) is 11.7 Å². The van der Waals surface area contributed by atoms with Gasteiger partial charge >= 0.3 is 6.09 Å². The van der Waals surface area contributed by atoms with Crippen LogP contribution in [0.1, 0.15) is 46.1 Å². The Morgan fingerprint density at radius 3 is 2.52 bits per heavy atom. The highest BCUT2D eigenvalue weighted by Crippen LogP contribution is 2.13. The van der Waals surface area contributed by atoms with Crippen LogP contribution < -0.4 is 10.6 Å². The molecule has 1 rings (SSSR count). The van der Waals surface area contributed by atoms with E-state index in [0.717, 1.165) is 31.5 Å². The van der Waals surface area contributed by atoms with Crippen molar-refractivity contribution in [3.63, 3.8) is 0 Å². The molecule has 0 saturated heterocycles. The lowest BCUT2D eigenvalue weighted by molar-refractivity contribution is 0.0636. The van der Waals surface area contributed by atoms with Crippen LogP contribution in [0, 0.1) is 0 Å². The highest BCUT2D eigenvalue weighted by Gasteiger charge is 2.15. The molecule has 0 aliphatic heterocycles. The fourth-order valence-electron chi connectivity index (χ4n) is 2.11. The first-order valence-corrected chi connectivity index (χ1v) is 8.23. The zero-order chi connectivity index (χ0) is 17.3. The maximum absolute atomic E-state index is 11.7. The molecule has 0 bridgehead atoms. The number of hydrogen-bond acceptors (Lipinski definition) is 3. The molecule has 128 valence electrons. The first-order valence-electron chi connectivity index (χ1n) is 8.23. The Morgan fingerprint density at radius 2 is 1.96 bits per heavy atom. The molecule has 0 aliphatic rings. The summed E-state index contributed by atoms with van der Waals surface area (Å²) in [6.07, 6.45) is 4.64. The van der Waals surface area contributed by atoms with Crippen molar-refractivity contribution < 1.29 is 9.53 Å². The third-order valence-electron chi connectivity index (χ3n) is 3.31. The van der Waals surface area contributed by atoms with Crippen molar-refractivity contribution in [3.05, 3.63) is 42.5 Å². The van der Waals surface area contributed by atoms with E-state index >= 15 is 0 Å². The Bertz CT molecular complexity index is 489. The zero-order valence-corrected chi connectivity index (χ0v) is 14.8. The van der Waals surface area contributed by atoms with E-state index in [2.05, 4.69) is 24.1 Å². The SMILES string of the molecule is C=CCCC(C)NCCc1ccc(NC(=O)OC(C)(C)C)cc1. The van der Waals surface area contributed by atoms with Crippen LogP contribution in [0.5, 0.6) is 0 Å². The average molecular weight is 318 g/mol. The minimum absolute atomic E-state index is 0.428. The van der Waals surface area contributed by atoms with Gasteiger partial charge in [0.2, 0.25) is 0 Å². The quantitative estimate of drug-likeness (QED) is 0.693.